The molecule has 4 N–H and O–H groups in total. The topological polar surface area (TPSA) is 117 Å². The highest BCUT2D eigenvalue weighted by Gasteiger charge is 2.44. The largest absolute Gasteiger partial charge is 0.394 e. The molecule has 1 fully saturated rings. The number of aliphatic hydroxyl groups is 2. The Kier molecular flexibility index (Phi) is 3.85. The van der Waals surface area contributed by atoms with Crippen molar-refractivity contribution in [2.45, 2.75) is 24.4 Å². The standard InChI is InChI=1S/C11H17N3O5/c1-12-7-6(4-15)19-9(8(7)16)5-3-14(2)11(18)13-10(5)17/h3,6-9,12,15-16H,4H2,1-2H3,(H,13,17,18)/t6-,7?,8+,9+/m1/s1. The molecule has 0 bridgehead atoms. The van der Waals surface area contributed by atoms with Crippen LogP contribution in [0.4, 0.5) is 0 Å². The van der Waals surface area contributed by atoms with Crippen LogP contribution in [0, 0.1) is 0 Å². The summed E-state index contributed by atoms with van der Waals surface area (Å²) in [6, 6.07) is -0.480. The molecule has 1 aromatic rings. The Labute approximate surface area is 108 Å². The molecule has 2 heterocycles. The molecule has 1 aliphatic heterocycles. The highest BCUT2D eigenvalue weighted by Crippen LogP contribution is 2.31. The maximum absolute atomic E-state index is 11.8. The number of likely N-dealkylation sites (N-methyl/N-ethyl adjacent to an activating group) is 1. The Bertz CT molecular complexity index is 566. The van der Waals surface area contributed by atoms with Crippen LogP contribution in [0.25, 0.3) is 0 Å². The van der Waals surface area contributed by atoms with Gasteiger partial charge in [0.1, 0.15) is 12.2 Å². The van der Waals surface area contributed by atoms with E-state index in [9.17, 15) is 19.8 Å². The fourth-order valence-electron chi connectivity index (χ4n) is 2.32. The number of aliphatic hydroxyl groups excluding tert-OH is 2. The fourth-order valence-corrected chi connectivity index (χ4v) is 2.32. The monoisotopic (exact) mass is 271 g/mol. The molecule has 0 radical (unpaired) electrons. The fraction of sp³-hybridized carbons (Fsp3) is 0.636. The van der Waals surface area contributed by atoms with Crippen molar-refractivity contribution in [3.8, 4) is 0 Å². The Balaban J connectivity index is 2.41. The summed E-state index contributed by atoms with van der Waals surface area (Å²) in [5.74, 6) is 0. The van der Waals surface area contributed by atoms with E-state index < -0.39 is 35.6 Å². The van der Waals surface area contributed by atoms with Crippen LogP contribution in [-0.2, 0) is 11.8 Å². The van der Waals surface area contributed by atoms with E-state index in [0.29, 0.717) is 0 Å². The van der Waals surface area contributed by atoms with Gasteiger partial charge in [0.05, 0.1) is 24.3 Å². The van der Waals surface area contributed by atoms with Crippen molar-refractivity contribution in [3.63, 3.8) is 0 Å². The summed E-state index contributed by atoms with van der Waals surface area (Å²) in [6.07, 6.45) is -1.14. The summed E-state index contributed by atoms with van der Waals surface area (Å²) < 4.78 is 6.69. The third-order valence-corrected chi connectivity index (χ3v) is 3.36. The molecular weight excluding hydrogens is 254 g/mol. The first-order valence-corrected chi connectivity index (χ1v) is 5.91. The smallest absolute Gasteiger partial charge is 0.328 e. The first-order chi connectivity index (χ1) is 8.99. The number of nitrogens with zero attached hydrogens (tertiary/aromatic N) is 1. The molecule has 19 heavy (non-hydrogen) atoms. The maximum Gasteiger partial charge on any atom is 0.328 e. The number of aromatic nitrogens is 2. The minimum Gasteiger partial charge on any atom is -0.394 e. The molecule has 8 heteroatoms. The van der Waals surface area contributed by atoms with Crippen LogP contribution in [0.2, 0.25) is 0 Å². The molecular formula is C11H17N3O5. The minimum absolute atomic E-state index is 0.158. The van der Waals surface area contributed by atoms with E-state index in [1.54, 1.807) is 7.05 Å². The lowest BCUT2D eigenvalue weighted by Crippen LogP contribution is -2.43. The van der Waals surface area contributed by atoms with Gasteiger partial charge in [0.2, 0.25) is 0 Å². The Hall–Kier alpha value is -1.48. The Morgan fingerprint density at radius 1 is 1.53 bits per heavy atom. The van der Waals surface area contributed by atoms with E-state index in [-0.39, 0.29) is 12.2 Å². The van der Waals surface area contributed by atoms with Gasteiger partial charge in [0, 0.05) is 13.2 Å². The molecule has 2 rings (SSSR count). The van der Waals surface area contributed by atoms with Crippen molar-refractivity contribution < 1.29 is 14.9 Å². The van der Waals surface area contributed by atoms with Gasteiger partial charge in [-0.2, -0.15) is 0 Å². The zero-order valence-corrected chi connectivity index (χ0v) is 10.7. The van der Waals surface area contributed by atoms with Gasteiger partial charge in [-0.3, -0.25) is 9.78 Å². The van der Waals surface area contributed by atoms with Gasteiger partial charge in [0.25, 0.3) is 5.56 Å². The Morgan fingerprint density at radius 2 is 2.21 bits per heavy atom. The molecule has 0 aliphatic carbocycles. The van der Waals surface area contributed by atoms with Crippen molar-refractivity contribution >= 4 is 0 Å². The number of hydrogen-bond donors (Lipinski definition) is 4. The molecule has 1 aliphatic rings. The number of aryl methyl sites for hydroxylation is 1. The normalized spacial score (nSPS) is 30.7. The first kappa shape index (κ1) is 13.9. The lowest BCUT2D eigenvalue weighted by molar-refractivity contribution is -0.0127. The third kappa shape index (κ3) is 2.35. The van der Waals surface area contributed by atoms with Crippen LogP contribution in [0.3, 0.4) is 0 Å². The average Bonchev–Trinajstić information content (AvgIpc) is 2.70. The molecule has 0 spiro atoms. The van der Waals surface area contributed by atoms with Crippen LogP contribution in [0.15, 0.2) is 15.8 Å². The van der Waals surface area contributed by atoms with E-state index in [4.69, 9.17) is 4.74 Å². The summed E-state index contributed by atoms with van der Waals surface area (Å²) in [7, 11) is 3.12. The van der Waals surface area contributed by atoms with Gasteiger partial charge in [-0.15, -0.1) is 0 Å². The number of rotatable bonds is 3. The predicted molar refractivity (Wildman–Crippen MR) is 65.9 cm³/mol. The summed E-state index contributed by atoms with van der Waals surface area (Å²) in [6.45, 7) is -0.275. The number of hydrogen-bond acceptors (Lipinski definition) is 6. The van der Waals surface area contributed by atoms with E-state index in [1.807, 2.05) is 0 Å². The summed E-state index contributed by atoms with van der Waals surface area (Å²) >= 11 is 0. The van der Waals surface area contributed by atoms with Crippen molar-refractivity contribution in [1.29, 1.82) is 0 Å². The maximum atomic E-state index is 11.8. The first-order valence-electron chi connectivity index (χ1n) is 5.91. The molecule has 4 atom stereocenters. The molecule has 106 valence electrons. The summed E-state index contributed by atoms with van der Waals surface area (Å²) in [5.41, 5.74) is -0.975. The lowest BCUT2D eigenvalue weighted by Gasteiger charge is -2.17. The van der Waals surface area contributed by atoms with Crippen molar-refractivity contribution in [1.82, 2.24) is 14.9 Å². The molecule has 8 nitrogen and oxygen atoms in total. The van der Waals surface area contributed by atoms with Crippen LogP contribution in [-0.4, -0.2) is 51.7 Å². The van der Waals surface area contributed by atoms with E-state index in [0.717, 1.165) is 0 Å². The van der Waals surface area contributed by atoms with Gasteiger partial charge >= 0.3 is 5.69 Å². The number of ether oxygens (including phenoxy) is 1. The second-order valence-corrected chi connectivity index (χ2v) is 4.54. The zero-order chi connectivity index (χ0) is 14.2. The van der Waals surface area contributed by atoms with E-state index >= 15 is 0 Å². The third-order valence-electron chi connectivity index (χ3n) is 3.36. The van der Waals surface area contributed by atoms with Crippen LogP contribution in [0.5, 0.6) is 0 Å². The van der Waals surface area contributed by atoms with Crippen LogP contribution < -0.4 is 16.6 Å². The van der Waals surface area contributed by atoms with Crippen LogP contribution in [0.1, 0.15) is 11.7 Å². The second-order valence-electron chi connectivity index (χ2n) is 4.54. The summed E-state index contributed by atoms with van der Waals surface area (Å²) in [5, 5.41) is 22.2. The van der Waals surface area contributed by atoms with Gasteiger partial charge in [-0.1, -0.05) is 0 Å². The van der Waals surface area contributed by atoms with Crippen molar-refractivity contribution in [3.05, 3.63) is 32.6 Å². The SMILES string of the molecule is CNC1[C@@H](CO)O[C@@H](c2cn(C)c(=O)[nH]c2=O)[C@H]1O. The van der Waals surface area contributed by atoms with Crippen molar-refractivity contribution in [2.75, 3.05) is 13.7 Å². The molecule has 1 saturated heterocycles. The zero-order valence-electron chi connectivity index (χ0n) is 10.7. The number of nitrogens with one attached hydrogen (secondary N) is 2. The van der Waals surface area contributed by atoms with Crippen molar-refractivity contribution in [2.24, 2.45) is 7.05 Å². The van der Waals surface area contributed by atoms with E-state index in [1.165, 1.54) is 17.8 Å². The molecule has 1 aromatic heterocycles. The quantitative estimate of drug-likeness (QED) is 0.481. The number of aromatic amines is 1. The second kappa shape index (κ2) is 5.25. The average molecular weight is 271 g/mol. The van der Waals surface area contributed by atoms with Gasteiger partial charge in [-0.05, 0) is 7.05 Å². The highest BCUT2D eigenvalue weighted by atomic mass is 16.5. The van der Waals surface area contributed by atoms with Gasteiger partial charge < -0.3 is 24.8 Å². The molecule has 0 aromatic carbocycles. The lowest BCUT2D eigenvalue weighted by atomic mass is 10.0. The molecule has 0 saturated carbocycles. The van der Waals surface area contributed by atoms with Crippen LogP contribution >= 0.6 is 0 Å². The summed E-state index contributed by atoms with van der Waals surface area (Å²) in [4.78, 5) is 25.2. The number of H-pyrrole nitrogens is 1. The molecule has 0 amide bonds. The van der Waals surface area contributed by atoms with E-state index in [2.05, 4.69) is 10.3 Å². The highest BCUT2D eigenvalue weighted by molar-refractivity contribution is 5.15. The minimum atomic E-state index is -0.985. The van der Waals surface area contributed by atoms with Gasteiger partial charge in [-0.25, -0.2) is 4.79 Å². The Morgan fingerprint density at radius 3 is 2.74 bits per heavy atom. The predicted octanol–water partition coefficient (Wildman–Crippen LogP) is -2.55. The van der Waals surface area contributed by atoms with Gasteiger partial charge in [0.15, 0.2) is 0 Å². The molecule has 1 unspecified atom stereocenters.